The summed E-state index contributed by atoms with van der Waals surface area (Å²) in [6.07, 6.45) is 4.79. The fraction of sp³-hybridized carbons (Fsp3) is 0.588. The molecule has 1 aliphatic carbocycles. The minimum Gasteiger partial charge on any atom is -0.369 e. The van der Waals surface area contributed by atoms with Crippen molar-refractivity contribution in [3.63, 3.8) is 0 Å². The van der Waals surface area contributed by atoms with Crippen LogP contribution in [0.15, 0.2) is 30.3 Å². The molecule has 0 radical (unpaired) electrons. The second kappa shape index (κ2) is 6.40. The Kier molecular flexibility index (Phi) is 4.81. The molecule has 20 heavy (non-hydrogen) atoms. The molecule has 1 fully saturated rings. The molecule has 110 valence electrons. The molecular weight excluding hydrogens is 248 g/mol. The second-order valence-corrected chi connectivity index (χ2v) is 6.59. The average molecular weight is 274 g/mol. The summed E-state index contributed by atoms with van der Waals surface area (Å²) in [5.74, 6) is 0.460. The molecule has 3 nitrogen and oxygen atoms in total. The number of hydrogen-bond acceptors (Lipinski definition) is 2. The summed E-state index contributed by atoms with van der Waals surface area (Å²) in [6.45, 7) is 4.47. The Morgan fingerprint density at radius 1 is 1.20 bits per heavy atom. The summed E-state index contributed by atoms with van der Waals surface area (Å²) in [7, 11) is 0. The van der Waals surface area contributed by atoms with Crippen molar-refractivity contribution in [1.29, 1.82) is 0 Å². The molecule has 1 amide bonds. The summed E-state index contributed by atoms with van der Waals surface area (Å²) in [5.41, 5.74) is 6.40. The minimum atomic E-state index is -0.462. The highest BCUT2D eigenvalue weighted by molar-refractivity contribution is 5.80. The maximum atomic E-state index is 11.3. The maximum Gasteiger partial charge on any atom is 0.224 e. The van der Waals surface area contributed by atoms with Gasteiger partial charge in [0.05, 0.1) is 5.41 Å². The Morgan fingerprint density at radius 2 is 1.80 bits per heavy atom. The summed E-state index contributed by atoms with van der Waals surface area (Å²) in [5, 5.41) is 3.51. The summed E-state index contributed by atoms with van der Waals surface area (Å²) in [6, 6.07) is 11.3. The van der Waals surface area contributed by atoms with Gasteiger partial charge in [0.1, 0.15) is 0 Å². The van der Waals surface area contributed by atoms with Gasteiger partial charge in [0, 0.05) is 12.6 Å². The summed E-state index contributed by atoms with van der Waals surface area (Å²) < 4.78 is 0. The standard InChI is InChI=1S/C17H26N2O/c1-17(2,16(18)20)12-19-15-10-8-14(9-11-15)13-6-4-3-5-7-13/h3-7,14-15,19H,8-12H2,1-2H3,(H2,18,20). The molecule has 3 heteroatoms. The number of benzene rings is 1. The van der Waals surface area contributed by atoms with E-state index in [0.717, 1.165) is 0 Å². The van der Waals surface area contributed by atoms with E-state index >= 15 is 0 Å². The van der Waals surface area contributed by atoms with Gasteiger partial charge in [0.25, 0.3) is 0 Å². The third-order valence-corrected chi connectivity index (χ3v) is 4.50. The van der Waals surface area contributed by atoms with Crippen molar-refractivity contribution in [3.05, 3.63) is 35.9 Å². The van der Waals surface area contributed by atoms with Crippen molar-refractivity contribution in [2.24, 2.45) is 11.1 Å². The highest BCUT2D eigenvalue weighted by Crippen LogP contribution is 2.32. The quantitative estimate of drug-likeness (QED) is 0.867. The van der Waals surface area contributed by atoms with Crippen LogP contribution < -0.4 is 11.1 Å². The van der Waals surface area contributed by atoms with E-state index in [2.05, 4.69) is 35.6 Å². The topological polar surface area (TPSA) is 55.1 Å². The first-order valence-electron chi connectivity index (χ1n) is 7.57. The highest BCUT2D eigenvalue weighted by atomic mass is 16.1. The molecular formula is C17H26N2O. The number of carbonyl (C=O) groups is 1. The van der Waals surface area contributed by atoms with Gasteiger partial charge in [-0.05, 0) is 51.0 Å². The van der Waals surface area contributed by atoms with E-state index in [-0.39, 0.29) is 5.91 Å². The van der Waals surface area contributed by atoms with Crippen LogP contribution in [0.2, 0.25) is 0 Å². The van der Waals surface area contributed by atoms with E-state index in [1.165, 1.54) is 31.2 Å². The lowest BCUT2D eigenvalue weighted by Crippen LogP contribution is -2.44. The number of primary amides is 1. The highest BCUT2D eigenvalue weighted by Gasteiger charge is 2.27. The normalized spacial score (nSPS) is 23.5. The number of rotatable bonds is 5. The van der Waals surface area contributed by atoms with E-state index in [0.29, 0.717) is 18.5 Å². The van der Waals surface area contributed by atoms with Gasteiger partial charge in [-0.25, -0.2) is 0 Å². The molecule has 0 heterocycles. The molecule has 0 saturated heterocycles. The first kappa shape index (κ1) is 15.0. The van der Waals surface area contributed by atoms with Gasteiger partial charge in [0.2, 0.25) is 5.91 Å². The lowest BCUT2D eigenvalue weighted by Gasteiger charge is -2.32. The van der Waals surface area contributed by atoms with Crippen LogP contribution in [0.25, 0.3) is 0 Å². The lowest BCUT2D eigenvalue weighted by atomic mass is 9.81. The van der Waals surface area contributed by atoms with Gasteiger partial charge in [0.15, 0.2) is 0 Å². The van der Waals surface area contributed by atoms with Crippen LogP contribution in [0.4, 0.5) is 0 Å². The number of amides is 1. The fourth-order valence-electron chi connectivity index (χ4n) is 2.84. The van der Waals surface area contributed by atoms with Crippen LogP contribution in [-0.4, -0.2) is 18.5 Å². The van der Waals surface area contributed by atoms with Crippen LogP contribution in [0.5, 0.6) is 0 Å². The summed E-state index contributed by atoms with van der Waals surface area (Å²) in [4.78, 5) is 11.3. The molecule has 1 saturated carbocycles. The molecule has 0 spiro atoms. The van der Waals surface area contributed by atoms with Crippen molar-refractivity contribution < 1.29 is 4.79 Å². The van der Waals surface area contributed by atoms with Gasteiger partial charge in [-0.3, -0.25) is 4.79 Å². The molecule has 0 aromatic heterocycles. The van der Waals surface area contributed by atoms with Crippen molar-refractivity contribution >= 4 is 5.91 Å². The third kappa shape index (κ3) is 3.83. The van der Waals surface area contributed by atoms with Gasteiger partial charge < -0.3 is 11.1 Å². The van der Waals surface area contributed by atoms with Crippen LogP contribution in [-0.2, 0) is 4.79 Å². The Balaban J connectivity index is 1.79. The molecule has 0 aliphatic heterocycles. The largest absolute Gasteiger partial charge is 0.369 e. The van der Waals surface area contributed by atoms with E-state index < -0.39 is 5.41 Å². The Morgan fingerprint density at radius 3 is 2.35 bits per heavy atom. The van der Waals surface area contributed by atoms with Gasteiger partial charge in [-0.1, -0.05) is 30.3 Å². The molecule has 1 aromatic rings. The van der Waals surface area contributed by atoms with Crippen molar-refractivity contribution in [2.75, 3.05) is 6.54 Å². The van der Waals surface area contributed by atoms with Crippen LogP contribution >= 0.6 is 0 Å². The zero-order valence-electron chi connectivity index (χ0n) is 12.6. The van der Waals surface area contributed by atoms with E-state index in [1.54, 1.807) is 0 Å². The molecule has 0 bridgehead atoms. The van der Waals surface area contributed by atoms with E-state index in [9.17, 15) is 4.79 Å². The molecule has 0 unspecified atom stereocenters. The Hall–Kier alpha value is -1.35. The number of hydrogen-bond donors (Lipinski definition) is 2. The molecule has 1 aromatic carbocycles. The smallest absolute Gasteiger partial charge is 0.224 e. The van der Waals surface area contributed by atoms with Gasteiger partial charge in [-0.15, -0.1) is 0 Å². The predicted octanol–water partition coefficient (Wildman–Crippen LogP) is 2.81. The fourth-order valence-corrected chi connectivity index (χ4v) is 2.84. The monoisotopic (exact) mass is 274 g/mol. The van der Waals surface area contributed by atoms with Crippen LogP contribution in [0.1, 0.15) is 51.0 Å². The van der Waals surface area contributed by atoms with Gasteiger partial charge in [-0.2, -0.15) is 0 Å². The molecule has 1 aliphatic rings. The Labute approximate surface area is 121 Å². The Bertz CT molecular complexity index is 434. The number of carbonyl (C=O) groups excluding carboxylic acids is 1. The van der Waals surface area contributed by atoms with Gasteiger partial charge >= 0.3 is 0 Å². The zero-order chi connectivity index (χ0) is 14.6. The van der Waals surface area contributed by atoms with Crippen LogP contribution in [0.3, 0.4) is 0 Å². The number of nitrogens with two attached hydrogens (primary N) is 1. The first-order chi connectivity index (χ1) is 9.49. The SMILES string of the molecule is CC(C)(CNC1CCC(c2ccccc2)CC1)C(N)=O. The maximum absolute atomic E-state index is 11.3. The molecule has 2 rings (SSSR count). The average Bonchev–Trinajstić information content (AvgIpc) is 2.46. The first-order valence-corrected chi connectivity index (χ1v) is 7.57. The minimum absolute atomic E-state index is 0.233. The molecule has 3 N–H and O–H groups in total. The van der Waals surface area contributed by atoms with Crippen molar-refractivity contribution in [1.82, 2.24) is 5.32 Å². The zero-order valence-corrected chi connectivity index (χ0v) is 12.6. The summed E-state index contributed by atoms with van der Waals surface area (Å²) >= 11 is 0. The van der Waals surface area contributed by atoms with E-state index in [4.69, 9.17) is 5.73 Å². The third-order valence-electron chi connectivity index (χ3n) is 4.50. The van der Waals surface area contributed by atoms with E-state index in [1.807, 2.05) is 13.8 Å². The van der Waals surface area contributed by atoms with Crippen molar-refractivity contribution in [3.8, 4) is 0 Å². The number of nitrogens with one attached hydrogen (secondary N) is 1. The van der Waals surface area contributed by atoms with Crippen LogP contribution in [0, 0.1) is 5.41 Å². The van der Waals surface area contributed by atoms with Crippen molar-refractivity contribution in [2.45, 2.75) is 51.5 Å². The molecule has 0 atom stereocenters. The predicted molar refractivity (Wildman–Crippen MR) is 82.4 cm³/mol. The lowest BCUT2D eigenvalue weighted by molar-refractivity contribution is -0.125. The second-order valence-electron chi connectivity index (χ2n) is 6.59.